The average Bonchev–Trinajstić information content (AvgIpc) is 2.81. The topological polar surface area (TPSA) is 110 Å². The lowest BCUT2D eigenvalue weighted by Crippen LogP contribution is -2.54. The molecule has 0 saturated carbocycles. The van der Waals surface area contributed by atoms with Gasteiger partial charge in [0.25, 0.3) is 11.8 Å². The van der Waals surface area contributed by atoms with Crippen LogP contribution in [0.3, 0.4) is 0 Å². The second-order valence-electron chi connectivity index (χ2n) is 8.00. The predicted molar refractivity (Wildman–Crippen MR) is 141 cm³/mol. The van der Waals surface area contributed by atoms with Gasteiger partial charge in [0, 0.05) is 15.6 Å². The third-order valence-corrected chi connectivity index (χ3v) is 7.57. The van der Waals surface area contributed by atoms with Gasteiger partial charge in [-0.05, 0) is 61.9 Å². The lowest BCUT2D eigenvalue weighted by atomic mass is 10.0. The predicted octanol–water partition coefficient (Wildman–Crippen LogP) is 5.70. The SMILES string of the molecule is Cc1ccc(S(=O)(=O)Oc2c(Cl)cc(Cl)cc2/C=C2\C(=O)NC(=O)N(c3cccc(Cl)c3C)C2=O)cc1. The molecule has 12 heteroatoms. The Bertz CT molecular complexity index is 1600. The Hall–Kier alpha value is -3.37. The summed E-state index contributed by atoms with van der Waals surface area (Å²) in [6.07, 6.45) is 1.05. The Labute approximate surface area is 227 Å². The van der Waals surface area contributed by atoms with Crippen LogP contribution in [0, 0.1) is 13.8 Å². The molecule has 1 fully saturated rings. The van der Waals surface area contributed by atoms with Gasteiger partial charge in [-0.3, -0.25) is 14.9 Å². The quantitative estimate of drug-likeness (QED) is 0.236. The van der Waals surface area contributed by atoms with Gasteiger partial charge >= 0.3 is 16.1 Å². The third-order valence-electron chi connectivity index (χ3n) is 5.42. The smallest absolute Gasteiger partial charge is 0.339 e. The molecule has 37 heavy (non-hydrogen) atoms. The van der Waals surface area contributed by atoms with Crippen LogP contribution in [0.2, 0.25) is 15.1 Å². The molecule has 4 rings (SSSR count). The van der Waals surface area contributed by atoms with Gasteiger partial charge < -0.3 is 4.18 Å². The van der Waals surface area contributed by atoms with Crippen molar-refractivity contribution < 1.29 is 27.0 Å². The van der Waals surface area contributed by atoms with Crippen molar-refractivity contribution in [3.05, 3.63) is 91.9 Å². The summed E-state index contributed by atoms with van der Waals surface area (Å²) in [6, 6.07) is 12.1. The first-order chi connectivity index (χ1) is 17.4. The molecular weight excluding hydrogens is 563 g/mol. The van der Waals surface area contributed by atoms with Crippen molar-refractivity contribution >= 4 is 74.5 Å². The van der Waals surface area contributed by atoms with E-state index in [2.05, 4.69) is 5.32 Å². The molecule has 4 amide bonds. The molecule has 1 saturated heterocycles. The number of nitrogens with zero attached hydrogens (tertiary/aromatic N) is 1. The maximum atomic E-state index is 13.3. The molecule has 1 aliphatic rings. The number of rotatable bonds is 5. The van der Waals surface area contributed by atoms with E-state index in [0.29, 0.717) is 10.6 Å². The molecule has 1 N–H and O–H groups in total. The van der Waals surface area contributed by atoms with Gasteiger partial charge in [0.15, 0.2) is 5.75 Å². The molecule has 190 valence electrons. The van der Waals surface area contributed by atoms with E-state index in [1.165, 1.54) is 30.3 Å². The van der Waals surface area contributed by atoms with E-state index in [4.69, 9.17) is 39.0 Å². The van der Waals surface area contributed by atoms with Gasteiger partial charge in [-0.25, -0.2) is 9.69 Å². The average molecular weight is 580 g/mol. The van der Waals surface area contributed by atoms with Crippen molar-refractivity contribution in [1.82, 2.24) is 5.32 Å². The van der Waals surface area contributed by atoms with Crippen molar-refractivity contribution in [2.75, 3.05) is 4.90 Å². The number of hydrogen-bond acceptors (Lipinski definition) is 6. The Morgan fingerprint density at radius 3 is 2.27 bits per heavy atom. The number of hydrogen-bond donors (Lipinski definition) is 1. The number of anilines is 1. The van der Waals surface area contributed by atoms with Crippen molar-refractivity contribution in [2.45, 2.75) is 18.7 Å². The van der Waals surface area contributed by atoms with Crippen LogP contribution in [0.25, 0.3) is 6.08 Å². The van der Waals surface area contributed by atoms with E-state index in [-0.39, 0.29) is 31.9 Å². The molecule has 0 bridgehead atoms. The van der Waals surface area contributed by atoms with Crippen LogP contribution in [0.1, 0.15) is 16.7 Å². The minimum absolute atomic E-state index is 0.0798. The summed E-state index contributed by atoms with van der Waals surface area (Å²) in [5, 5.41) is 2.30. The molecule has 3 aromatic rings. The highest BCUT2D eigenvalue weighted by molar-refractivity contribution is 7.87. The highest BCUT2D eigenvalue weighted by atomic mass is 35.5. The van der Waals surface area contributed by atoms with E-state index in [1.54, 1.807) is 38.1 Å². The van der Waals surface area contributed by atoms with Gasteiger partial charge in [-0.1, -0.05) is 58.6 Å². The maximum Gasteiger partial charge on any atom is 0.339 e. The standard InChI is InChI=1S/C25H17Cl3N2O6S/c1-13-6-8-17(9-7-13)37(34,35)36-22-15(10-16(26)12-20(22)28)11-18-23(31)29-25(33)30(24(18)32)21-5-3-4-19(27)14(21)2/h3-12H,1-2H3,(H,29,31,33)/b18-11+. The van der Waals surface area contributed by atoms with Crippen molar-refractivity contribution in [3.63, 3.8) is 0 Å². The van der Waals surface area contributed by atoms with Crippen LogP contribution in [0.15, 0.2) is 65.1 Å². The fraction of sp³-hybridized carbons (Fsp3) is 0.0800. The molecule has 8 nitrogen and oxygen atoms in total. The van der Waals surface area contributed by atoms with E-state index in [9.17, 15) is 22.8 Å². The first kappa shape index (κ1) is 26.7. The van der Waals surface area contributed by atoms with Crippen LogP contribution in [-0.2, 0) is 19.7 Å². The number of aryl methyl sites for hydroxylation is 1. The van der Waals surface area contributed by atoms with Crippen LogP contribution in [0.5, 0.6) is 5.75 Å². The van der Waals surface area contributed by atoms with E-state index in [0.717, 1.165) is 16.5 Å². The minimum atomic E-state index is -4.35. The highest BCUT2D eigenvalue weighted by Crippen LogP contribution is 2.37. The molecule has 0 aromatic heterocycles. The second kappa shape index (κ2) is 10.2. The molecule has 1 aliphatic heterocycles. The number of amides is 4. The summed E-state index contributed by atoms with van der Waals surface area (Å²) in [5.74, 6) is -2.33. The van der Waals surface area contributed by atoms with Gasteiger partial charge in [0.1, 0.15) is 10.5 Å². The zero-order chi connectivity index (χ0) is 27.1. The van der Waals surface area contributed by atoms with E-state index >= 15 is 0 Å². The zero-order valence-corrected chi connectivity index (χ0v) is 22.3. The van der Waals surface area contributed by atoms with E-state index < -0.39 is 33.5 Å². The molecule has 1 heterocycles. The van der Waals surface area contributed by atoms with Crippen LogP contribution in [0.4, 0.5) is 10.5 Å². The van der Waals surface area contributed by atoms with Crippen LogP contribution >= 0.6 is 34.8 Å². The summed E-state index contributed by atoms with van der Waals surface area (Å²) in [5.41, 5.74) is 0.861. The molecule has 0 atom stereocenters. The summed E-state index contributed by atoms with van der Waals surface area (Å²) >= 11 is 18.5. The summed E-state index contributed by atoms with van der Waals surface area (Å²) < 4.78 is 31.2. The fourth-order valence-electron chi connectivity index (χ4n) is 3.51. The first-order valence-electron chi connectivity index (χ1n) is 10.6. The number of barbiturate groups is 1. The fourth-order valence-corrected chi connectivity index (χ4v) is 5.24. The maximum absolute atomic E-state index is 13.3. The number of benzene rings is 3. The van der Waals surface area contributed by atoms with Crippen LogP contribution in [-0.4, -0.2) is 26.3 Å². The number of carbonyl (C=O) groups is 3. The number of carbonyl (C=O) groups excluding carboxylic acids is 3. The molecule has 3 aromatic carbocycles. The Morgan fingerprint density at radius 2 is 1.59 bits per heavy atom. The van der Waals surface area contributed by atoms with Gasteiger partial charge in [-0.2, -0.15) is 8.42 Å². The third kappa shape index (κ3) is 5.35. The minimum Gasteiger partial charge on any atom is -0.377 e. The first-order valence-corrected chi connectivity index (χ1v) is 13.1. The van der Waals surface area contributed by atoms with Gasteiger partial charge in [-0.15, -0.1) is 0 Å². The largest absolute Gasteiger partial charge is 0.377 e. The molecular formula is C25H17Cl3N2O6S. The number of urea groups is 1. The lowest BCUT2D eigenvalue weighted by Gasteiger charge is -2.28. The second-order valence-corrected chi connectivity index (χ2v) is 10.8. The van der Waals surface area contributed by atoms with Crippen molar-refractivity contribution in [2.24, 2.45) is 0 Å². The molecule has 0 radical (unpaired) electrons. The Balaban J connectivity index is 1.81. The van der Waals surface area contributed by atoms with Crippen molar-refractivity contribution in [3.8, 4) is 5.75 Å². The summed E-state index contributed by atoms with van der Waals surface area (Å²) in [4.78, 5) is 39.2. The Kier molecular flexibility index (Phi) is 7.34. The Morgan fingerprint density at radius 1 is 0.919 bits per heavy atom. The highest BCUT2D eigenvalue weighted by Gasteiger charge is 2.38. The van der Waals surface area contributed by atoms with Crippen LogP contribution < -0.4 is 14.4 Å². The zero-order valence-electron chi connectivity index (χ0n) is 19.2. The number of imide groups is 2. The number of halogens is 3. The van der Waals surface area contributed by atoms with Gasteiger partial charge in [0.05, 0.1) is 10.7 Å². The van der Waals surface area contributed by atoms with Crippen molar-refractivity contribution in [1.29, 1.82) is 0 Å². The number of nitrogens with one attached hydrogen (secondary N) is 1. The van der Waals surface area contributed by atoms with Gasteiger partial charge in [0.2, 0.25) is 0 Å². The monoisotopic (exact) mass is 578 g/mol. The normalized spacial score (nSPS) is 15.2. The summed E-state index contributed by atoms with van der Waals surface area (Å²) in [6.45, 7) is 3.40. The molecule has 0 spiro atoms. The molecule has 0 aliphatic carbocycles. The van der Waals surface area contributed by atoms with E-state index in [1.807, 2.05) is 0 Å². The lowest BCUT2D eigenvalue weighted by molar-refractivity contribution is -0.122. The summed E-state index contributed by atoms with van der Waals surface area (Å²) in [7, 11) is -4.35. The molecule has 0 unspecified atom stereocenters.